The van der Waals surface area contributed by atoms with E-state index in [4.69, 9.17) is 14.2 Å². The molecule has 0 atom stereocenters. The third kappa shape index (κ3) is 4.82. The zero-order valence-corrected chi connectivity index (χ0v) is 18.1. The van der Waals surface area contributed by atoms with Gasteiger partial charge in [0.1, 0.15) is 5.69 Å². The van der Waals surface area contributed by atoms with Gasteiger partial charge in [0.2, 0.25) is 5.88 Å². The monoisotopic (exact) mass is 428 g/mol. The number of aromatic nitrogens is 2. The first-order valence-electron chi connectivity index (χ1n) is 10.1. The van der Waals surface area contributed by atoms with Crippen molar-refractivity contribution in [1.82, 2.24) is 14.9 Å². The highest BCUT2D eigenvalue weighted by molar-refractivity contribution is 5.94. The molecule has 9 heteroatoms. The number of nitrogens with zero attached hydrogens (tertiary/aromatic N) is 3. The van der Waals surface area contributed by atoms with Crippen molar-refractivity contribution in [2.75, 3.05) is 52.4 Å². The molecule has 0 unspecified atom stereocenters. The van der Waals surface area contributed by atoms with E-state index in [9.17, 15) is 9.59 Å². The second kappa shape index (κ2) is 10.0. The maximum absolute atomic E-state index is 13.0. The second-order valence-electron chi connectivity index (χ2n) is 7.04. The van der Waals surface area contributed by atoms with Crippen LogP contribution in [-0.4, -0.2) is 68.3 Å². The maximum Gasteiger partial charge on any atom is 0.276 e. The highest BCUT2D eigenvalue weighted by Gasteiger charge is 2.27. The number of carbonyl (C=O) groups is 1. The van der Waals surface area contributed by atoms with Gasteiger partial charge in [0.15, 0.2) is 17.2 Å². The van der Waals surface area contributed by atoms with Crippen molar-refractivity contribution in [1.29, 1.82) is 0 Å². The molecule has 1 aliphatic rings. The van der Waals surface area contributed by atoms with Crippen molar-refractivity contribution < 1.29 is 19.0 Å². The number of hydrogen-bond donors (Lipinski definition) is 1. The summed E-state index contributed by atoms with van der Waals surface area (Å²) in [5.74, 6) is 1.15. The number of methoxy groups -OCH3 is 3. The molecular weight excluding hydrogens is 400 g/mol. The minimum absolute atomic E-state index is 0.0782. The first kappa shape index (κ1) is 22.2. The number of hydrogen-bond acceptors (Lipinski definition) is 7. The molecule has 1 fully saturated rings. The van der Waals surface area contributed by atoms with Crippen molar-refractivity contribution in [3.8, 4) is 17.4 Å². The Morgan fingerprint density at radius 2 is 1.84 bits per heavy atom. The van der Waals surface area contributed by atoms with E-state index >= 15 is 0 Å². The third-order valence-electron chi connectivity index (χ3n) is 5.24. The maximum atomic E-state index is 13.0. The highest BCUT2D eigenvalue weighted by Crippen LogP contribution is 2.32. The molecule has 0 radical (unpaired) electrons. The lowest BCUT2D eigenvalue weighted by Crippen LogP contribution is -2.49. The van der Waals surface area contributed by atoms with Gasteiger partial charge in [-0.3, -0.25) is 9.59 Å². The first-order valence-corrected chi connectivity index (χ1v) is 10.1. The van der Waals surface area contributed by atoms with E-state index in [2.05, 4.69) is 21.4 Å². The van der Waals surface area contributed by atoms with Gasteiger partial charge in [0.05, 0.1) is 21.3 Å². The lowest BCUT2D eigenvalue weighted by Gasteiger charge is -2.36. The van der Waals surface area contributed by atoms with Crippen molar-refractivity contribution in [2.24, 2.45) is 0 Å². The number of nitrogens with one attached hydrogen (secondary N) is 1. The molecule has 0 bridgehead atoms. The second-order valence-corrected chi connectivity index (χ2v) is 7.04. The Bertz CT molecular complexity index is 996. The number of aryl methyl sites for hydroxylation is 1. The summed E-state index contributed by atoms with van der Waals surface area (Å²) in [6.07, 6.45) is 2.77. The standard InChI is InChI=1S/C22H28N4O5/c1-5-6-7-16-20(27)24-19(21(23-16)31-4)22(28)26-12-10-25(11-13-26)15-8-9-17(29-2)18(14-15)30-3/h5,8-9,14H,1,6-7,10-13H2,2-4H3,(H,24,27). The molecule has 2 heterocycles. The fraction of sp³-hybridized carbons (Fsp3) is 0.409. The van der Waals surface area contributed by atoms with E-state index in [0.717, 1.165) is 5.69 Å². The molecule has 3 rings (SSSR count). The van der Waals surface area contributed by atoms with Crippen molar-refractivity contribution in [2.45, 2.75) is 12.8 Å². The summed E-state index contributed by atoms with van der Waals surface area (Å²) in [5.41, 5.74) is 1.01. The Hall–Kier alpha value is -3.49. The molecule has 9 nitrogen and oxygen atoms in total. The van der Waals surface area contributed by atoms with Crippen LogP contribution in [0, 0.1) is 0 Å². The summed E-state index contributed by atoms with van der Waals surface area (Å²) in [7, 11) is 4.63. The molecule has 1 saturated heterocycles. The molecule has 166 valence electrons. The van der Waals surface area contributed by atoms with Crippen LogP contribution in [0.3, 0.4) is 0 Å². The number of allylic oxidation sites excluding steroid dienone is 1. The Morgan fingerprint density at radius 1 is 1.13 bits per heavy atom. The predicted molar refractivity (Wildman–Crippen MR) is 118 cm³/mol. The quantitative estimate of drug-likeness (QED) is 0.641. The van der Waals surface area contributed by atoms with Gasteiger partial charge in [-0.1, -0.05) is 6.08 Å². The van der Waals surface area contributed by atoms with Gasteiger partial charge in [-0.25, -0.2) is 4.98 Å². The summed E-state index contributed by atoms with van der Waals surface area (Å²) < 4.78 is 15.9. The number of aromatic amines is 1. The number of rotatable bonds is 8. The van der Waals surface area contributed by atoms with E-state index in [1.807, 2.05) is 18.2 Å². The van der Waals surface area contributed by atoms with E-state index in [-0.39, 0.29) is 23.0 Å². The summed E-state index contributed by atoms with van der Waals surface area (Å²) in [6.45, 7) is 5.92. The molecule has 1 aromatic carbocycles. The summed E-state index contributed by atoms with van der Waals surface area (Å²) in [4.78, 5) is 36.2. The van der Waals surface area contributed by atoms with Crippen LogP contribution in [0.2, 0.25) is 0 Å². The summed E-state index contributed by atoms with van der Waals surface area (Å²) >= 11 is 0. The van der Waals surface area contributed by atoms with Crippen LogP contribution >= 0.6 is 0 Å². The zero-order chi connectivity index (χ0) is 22.4. The van der Waals surface area contributed by atoms with Gasteiger partial charge in [0, 0.05) is 37.9 Å². The third-order valence-corrected chi connectivity index (χ3v) is 5.24. The molecule has 0 aliphatic carbocycles. The fourth-order valence-corrected chi connectivity index (χ4v) is 3.52. The van der Waals surface area contributed by atoms with Gasteiger partial charge in [0.25, 0.3) is 11.5 Å². The number of piperazine rings is 1. The van der Waals surface area contributed by atoms with E-state index < -0.39 is 0 Å². The molecule has 0 spiro atoms. The zero-order valence-electron chi connectivity index (χ0n) is 18.1. The average Bonchev–Trinajstić information content (AvgIpc) is 2.82. The van der Waals surface area contributed by atoms with Crippen molar-refractivity contribution in [3.05, 3.63) is 52.6 Å². The average molecular weight is 428 g/mol. The van der Waals surface area contributed by atoms with Crippen LogP contribution in [0.1, 0.15) is 22.6 Å². The van der Waals surface area contributed by atoms with Gasteiger partial charge >= 0.3 is 0 Å². The van der Waals surface area contributed by atoms with E-state index in [1.54, 1.807) is 25.2 Å². The SMILES string of the molecule is C=CCCc1nc(OC)c(C(=O)N2CCN(c3ccc(OC)c(OC)c3)CC2)[nH]c1=O. The number of ether oxygens (including phenoxy) is 3. The molecule has 1 aromatic heterocycles. The molecular formula is C22H28N4O5. The molecule has 1 aliphatic heterocycles. The molecule has 31 heavy (non-hydrogen) atoms. The summed E-state index contributed by atoms with van der Waals surface area (Å²) in [6, 6.07) is 5.74. The number of H-pyrrole nitrogens is 1. The lowest BCUT2D eigenvalue weighted by molar-refractivity contribution is 0.0735. The lowest BCUT2D eigenvalue weighted by atomic mass is 10.2. The van der Waals surface area contributed by atoms with E-state index in [1.165, 1.54) is 7.11 Å². The number of benzene rings is 1. The topological polar surface area (TPSA) is 97.0 Å². The fourth-order valence-electron chi connectivity index (χ4n) is 3.52. The van der Waals surface area contributed by atoms with Gasteiger partial charge < -0.3 is 29.0 Å². The van der Waals surface area contributed by atoms with Gasteiger partial charge in [-0.2, -0.15) is 0 Å². The Labute approximate surface area is 181 Å². The van der Waals surface area contributed by atoms with Crippen LogP contribution in [0.5, 0.6) is 17.4 Å². The minimum atomic E-state index is -0.380. The Morgan fingerprint density at radius 3 is 2.45 bits per heavy atom. The van der Waals surface area contributed by atoms with Crippen LogP contribution in [0.25, 0.3) is 0 Å². The summed E-state index contributed by atoms with van der Waals surface area (Å²) in [5, 5.41) is 0. The van der Waals surface area contributed by atoms with Gasteiger partial charge in [-0.15, -0.1) is 6.58 Å². The van der Waals surface area contributed by atoms with Crippen LogP contribution in [0.4, 0.5) is 5.69 Å². The van der Waals surface area contributed by atoms with Crippen molar-refractivity contribution in [3.63, 3.8) is 0 Å². The number of carbonyl (C=O) groups excluding carboxylic acids is 1. The largest absolute Gasteiger partial charge is 0.493 e. The number of anilines is 1. The number of amides is 1. The molecule has 2 aromatic rings. The molecule has 1 N–H and O–H groups in total. The smallest absolute Gasteiger partial charge is 0.276 e. The Kier molecular flexibility index (Phi) is 7.17. The normalized spacial score (nSPS) is 13.6. The van der Waals surface area contributed by atoms with Gasteiger partial charge in [-0.05, 0) is 25.0 Å². The minimum Gasteiger partial charge on any atom is -0.493 e. The Balaban J connectivity index is 1.72. The first-order chi connectivity index (χ1) is 15.0. The van der Waals surface area contributed by atoms with Crippen LogP contribution in [-0.2, 0) is 6.42 Å². The predicted octanol–water partition coefficient (Wildman–Crippen LogP) is 1.88. The molecule has 0 saturated carbocycles. The van der Waals surface area contributed by atoms with Crippen molar-refractivity contribution >= 4 is 11.6 Å². The highest BCUT2D eigenvalue weighted by atomic mass is 16.5. The molecule has 1 amide bonds. The van der Waals surface area contributed by atoms with E-state index in [0.29, 0.717) is 56.2 Å². The van der Waals surface area contributed by atoms with Crippen LogP contribution < -0.4 is 24.7 Å². The van der Waals surface area contributed by atoms with Crippen LogP contribution in [0.15, 0.2) is 35.6 Å².